The minimum Gasteiger partial charge on any atom is -0.461 e. The zero-order chi connectivity index (χ0) is 13.5. The van der Waals surface area contributed by atoms with Crippen molar-refractivity contribution in [2.75, 3.05) is 23.8 Å². The minimum atomic E-state index is -0.479. The van der Waals surface area contributed by atoms with Crippen LogP contribution in [0.15, 0.2) is 0 Å². The van der Waals surface area contributed by atoms with E-state index in [4.69, 9.17) is 16.9 Å². The van der Waals surface area contributed by atoms with Crippen molar-refractivity contribution < 1.29 is 9.53 Å². The molecule has 0 aromatic carbocycles. The van der Waals surface area contributed by atoms with E-state index in [1.807, 2.05) is 6.92 Å². The average molecular weight is 267 g/mol. The first-order chi connectivity index (χ1) is 8.61. The Labute approximate surface area is 111 Å². The first-order valence-electron chi connectivity index (χ1n) is 5.62. The smallest absolute Gasteiger partial charge is 0.360 e. The van der Waals surface area contributed by atoms with Crippen LogP contribution in [0.2, 0.25) is 0 Å². The van der Waals surface area contributed by atoms with Crippen LogP contribution in [0.1, 0.15) is 23.2 Å². The third-order valence-electron chi connectivity index (χ3n) is 2.31. The summed E-state index contributed by atoms with van der Waals surface area (Å²) >= 11 is 1.64. The molecule has 0 saturated carbocycles. The van der Waals surface area contributed by atoms with Gasteiger partial charge in [0.05, 0.1) is 12.4 Å². The molecule has 1 aromatic rings. The van der Waals surface area contributed by atoms with Crippen LogP contribution in [0, 0.1) is 19.3 Å². The van der Waals surface area contributed by atoms with E-state index in [9.17, 15) is 4.79 Å². The number of nitrogens with two attached hydrogens (primary N) is 1. The van der Waals surface area contributed by atoms with Crippen LogP contribution in [0.5, 0.6) is 0 Å². The van der Waals surface area contributed by atoms with Gasteiger partial charge >= 0.3 is 5.97 Å². The molecule has 0 spiro atoms. The summed E-state index contributed by atoms with van der Waals surface area (Å²) in [5, 5.41) is 0. The van der Waals surface area contributed by atoms with Crippen LogP contribution in [-0.4, -0.2) is 33.6 Å². The number of rotatable bonds is 6. The molecule has 0 aliphatic carbocycles. The molecule has 1 heterocycles. The molecule has 0 atom stereocenters. The fourth-order valence-electron chi connectivity index (χ4n) is 1.50. The highest BCUT2D eigenvalue weighted by Gasteiger charge is 2.19. The van der Waals surface area contributed by atoms with E-state index in [0.29, 0.717) is 30.5 Å². The highest BCUT2D eigenvalue weighted by atomic mass is 32.2. The first-order valence-corrected chi connectivity index (χ1v) is 6.78. The van der Waals surface area contributed by atoms with Crippen molar-refractivity contribution in [3.8, 4) is 12.3 Å². The highest BCUT2D eigenvalue weighted by molar-refractivity contribution is 7.99. The number of nitrogens with zero attached hydrogens (tertiary/aromatic N) is 2. The van der Waals surface area contributed by atoms with Crippen molar-refractivity contribution in [1.82, 2.24) is 9.55 Å². The van der Waals surface area contributed by atoms with Crippen LogP contribution in [0.4, 0.5) is 5.82 Å². The molecule has 18 heavy (non-hydrogen) atoms. The van der Waals surface area contributed by atoms with Gasteiger partial charge in [-0.05, 0) is 13.8 Å². The number of terminal acetylenes is 1. The molecule has 0 unspecified atom stereocenters. The number of hydrogen-bond donors (Lipinski definition) is 1. The Balaban J connectivity index is 2.75. The third-order valence-corrected chi connectivity index (χ3v) is 3.15. The largest absolute Gasteiger partial charge is 0.461 e. The Morgan fingerprint density at radius 2 is 2.39 bits per heavy atom. The number of thioether (sulfide) groups is 1. The summed E-state index contributed by atoms with van der Waals surface area (Å²) in [7, 11) is 0. The Kier molecular flexibility index (Phi) is 5.59. The summed E-state index contributed by atoms with van der Waals surface area (Å²) in [5.74, 6) is 4.63. The van der Waals surface area contributed by atoms with Gasteiger partial charge in [0.1, 0.15) is 11.6 Å². The van der Waals surface area contributed by atoms with Gasteiger partial charge in [0.15, 0.2) is 5.69 Å². The predicted molar refractivity (Wildman–Crippen MR) is 73.5 cm³/mol. The van der Waals surface area contributed by atoms with Crippen LogP contribution >= 0.6 is 11.8 Å². The molecule has 2 N–H and O–H groups in total. The van der Waals surface area contributed by atoms with Crippen molar-refractivity contribution in [3.63, 3.8) is 0 Å². The van der Waals surface area contributed by atoms with Crippen molar-refractivity contribution in [2.24, 2.45) is 0 Å². The molecule has 0 bridgehead atoms. The summed E-state index contributed by atoms with van der Waals surface area (Å²) < 4.78 is 6.69. The molecule has 1 rings (SSSR count). The molecule has 0 aliphatic rings. The lowest BCUT2D eigenvalue weighted by Gasteiger charge is -2.06. The van der Waals surface area contributed by atoms with E-state index in [-0.39, 0.29) is 5.69 Å². The third kappa shape index (κ3) is 3.44. The van der Waals surface area contributed by atoms with Crippen molar-refractivity contribution in [1.29, 1.82) is 0 Å². The molecule has 0 radical (unpaired) electrons. The quantitative estimate of drug-likeness (QED) is 0.478. The number of anilines is 1. The number of carbonyl (C=O) groups excluding carboxylic acids is 1. The first kappa shape index (κ1) is 14.5. The lowest BCUT2D eigenvalue weighted by molar-refractivity contribution is 0.0521. The predicted octanol–water partition coefficient (Wildman–Crippen LogP) is 1.32. The second-order valence-electron chi connectivity index (χ2n) is 3.52. The molecule has 0 aliphatic heterocycles. The molecule has 6 heteroatoms. The Bertz CT molecular complexity index is 463. The van der Waals surface area contributed by atoms with E-state index < -0.39 is 5.97 Å². The SMILES string of the molecule is C#CCSCCn1c(C)nc(C(=O)OCC)c1N. The fourth-order valence-corrected chi connectivity index (χ4v) is 2.07. The summed E-state index contributed by atoms with van der Waals surface area (Å²) in [6.07, 6.45) is 5.17. The van der Waals surface area contributed by atoms with Crippen LogP contribution in [0.3, 0.4) is 0 Å². The number of aromatic nitrogens is 2. The van der Waals surface area contributed by atoms with Gasteiger partial charge in [-0.25, -0.2) is 9.78 Å². The number of imidazole rings is 1. The Morgan fingerprint density at radius 1 is 1.67 bits per heavy atom. The van der Waals surface area contributed by atoms with Crippen LogP contribution < -0.4 is 5.73 Å². The van der Waals surface area contributed by atoms with Crippen molar-refractivity contribution in [2.45, 2.75) is 20.4 Å². The maximum atomic E-state index is 11.6. The van der Waals surface area contributed by atoms with Gasteiger partial charge in [-0.2, -0.15) is 0 Å². The fraction of sp³-hybridized carbons (Fsp3) is 0.500. The van der Waals surface area contributed by atoms with Gasteiger partial charge in [0.2, 0.25) is 0 Å². The second kappa shape index (κ2) is 6.97. The summed E-state index contributed by atoms with van der Waals surface area (Å²) in [5.41, 5.74) is 6.09. The number of aryl methyl sites for hydroxylation is 1. The zero-order valence-electron chi connectivity index (χ0n) is 10.6. The number of nitrogen functional groups attached to an aromatic ring is 1. The van der Waals surface area contributed by atoms with Gasteiger partial charge in [0.25, 0.3) is 0 Å². The molecule has 0 amide bonds. The normalized spacial score (nSPS) is 10.1. The zero-order valence-corrected chi connectivity index (χ0v) is 11.4. The van der Waals surface area contributed by atoms with Crippen molar-refractivity contribution >= 4 is 23.5 Å². The lowest BCUT2D eigenvalue weighted by Crippen LogP contribution is -2.11. The maximum Gasteiger partial charge on any atom is 0.360 e. The van der Waals surface area contributed by atoms with Crippen LogP contribution in [-0.2, 0) is 11.3 Å². The average Bonchev–Trinajstić information content (AvgIpc) is 2.62. The maximum absolute atomic E-state index is 11.6. The number of ether oxygens (including phenoxy) is 1. The molecular formula is C12H17N3O2S. The molecule has 0 fully saturated rings. The molecule has 0 saturated heterocycles. The molecule has 98 valence electrons. The lowest BCUT2D eigenvalue weighted by atomic mass is 10.4. The van der Waals surface area contributed by atoms with Crippen molar-refractivity contribution in [3.05, 3.63) is 11.5 Å². The van der Waals surface area contributed by atoms with Crippen LogP contribution in [0.25, 0.3) is 0 Å². The summed E-state index contributed by atoms with van der Waals surface area (Å²) in [6, 6.07) is 0. The van der Waals surface area contributed by atoms with E-state index in [1.165, 1.54) is 0 Å². The highest BCUT2D eigenvalue weighted by Crippen LogP contribution is 2.16. The standard InChI is InChI=1S/C12H17N3O2S/c1-4-7-18-8-6-15-9(3)14-10(11(15)13)12(16)17-5-2/h1H,5-8,13H2,2-3H3. The minimum absolute atomic E-state index is 0.191. The second-order valence-corrected chi connectivity index (χ2v) is 4.63. The topological polar surface area (TPSA) is 70.1 Å². The Hall–Kier alpha value is -1.61. The number of hydrogen-bond acceptors (Lipinski definition) is 5. The molecular weight excluding hydrogens is 250 g/mol. The van der Waals surface area contributed by atoms with E-state index >= 15 is 0 Å². The van der Waals surface area contributed by atoms with Gasteiger partial charge in [-0.15, -0.1) is 18.2 Å². The number of esters is 1. The van der Waals surface area contributed by atoms with Gasteiger partial charge < -0.3 is 15.0 Å². The number of carbonyl (C=O) groups is 1. The van der Waals surface area contributed by atoms with E-state index in [2.05, 4.69) is 10.9 Å². The summed E-state index contributed by atoms with van der Waals surface area (Å²) in [6.45, 7) is 4.54. The molecule has 1 aromatic heterocycles. The monoisotopic (exact) mass is 267 g/mol. The van der Waals surface area contributed by atoms with E-state index in [0.717, 1.165) is 5.75 Å². The summed E-state index contributed by atoms with van der Waals surface area (Å²) in [4.78, 5) is 15.7. The van der Waals surface area contributed by atoms with Gasteiger partial charge in [0, 0.05) is 12.3 Å². The Morgan fingerprint density at radius 3 is 3.00 bits per heavy atom. The molecule has 5 nitrogen and oxygen atoms in total. The van der Waals surface area contributed by atoms with Gasteiger partial charge in [-0.3, -0.25) is 0 Å². The van der Waals surface area contributed by atoms with E-state index in [1.54, 1.807) is 23.3 Å². The van der Waals surface area contributed by atoms with Gasteiger partial charge in [-0.1, -0.05) is 5.92 Å².